The Kier molecular flexibility index (Phi) is 6.08. The van der Waals surface area contributed by atoms with E-state index in [1.807, 2.05) is 24.0 Å². The normalized spacial score (nSPS) is 18.2. The molecule has 1 aliphatic heterocycles. The highest BCUT2D eigenvalue weighted by molar-refractivity contribution is 5.94. The topological polar surface area (TPSA) is 58.6 Å². The van der Waals surface area contributed by atoms with E-state index in [4.69, 9.17) is 4.74 Å². The molecule has 2 aliphatic rings. The van der Waals surface area contributed by atoms with Crippen molar-refractivity contribution in [2.45, 2.75) is 45.1 Å². The van der Waals surface area contributed by atoms with Crippen LogP contribution in [0.15, 0.2) is 24.3 Å². The van der Waals surface area contributed by atoms with Gasteiger partial charge in [-0.2, -0.15) is 0 Å². The summed E-state index contributed by atoms with van der Waals surface area (Å²) in [5.41, 5.74) is 2.01. The molecule has 5 heteroatoms. The van der Waals surface area contributed by atoms with Gasteiger partial charge in [0, 0.05) is 31.3 Å². The van der Waals surface area contributed by atoms with E-state index in [-0.39, 0.29) is 18.4 Å². The molecule has 0 aromatic heterocycles. The molecule has 1 N–H and O–H groups in total. The number of piperidine rings is 1. The van der Waals surface area contributed by atoms with Crippen LogP contribution in [0.2, 0.25) is 0 Å². The van der Waals surface area contributed by atoms with Crippen molar-refractivity contribution in [2.24, 2.45) is 5.92 Å². The van der Waals surface area contributed by atoms with Gasteiger partial charge in [0.05, 0.1) is 0 Å². The summed E-state index contributed by atoms with van der Waals surface area (Å²) >= 11 is 0. The summed E-state index contributed by atoms with van der Waals surface area (Å²) in [6, 6.07) is 8.37. The minimum atomic E-state index is 0.0372. The number of carbonyl (C=O) groups is 2. The van der Waals surface area contributed by atoms with Gasteiger partial charge < -0.3 is 15.0 Å². The van der Waals surface area contributed by atoms with E-state index in [1.54, 1.807) is 0 Å². The average molecular weight is 344 g/mol. The highest BCUT2D eigenvalue weighted by atomic mass is 16.5. The molecule has 136 valence electrons. The molecule has 3 rings (SSSR count). The van der Waals surface area contributed by atoms with Crippen LogP contribution in [-0.4, -0.2) is 49.1 Å². The van der Waals surface area contributed by atoms with Crippen molar-refractivity contribution in [3.8, 4) is 0 Å². The number of hydrogen-bond donors (Lipinski definition) is 1. The standard InChI is InChI=1S/C20H28N2O3/c1-2-25-14-19(23)22-11-9-16(10-12-22)13-15-3-5-17(6-4-15)20(24)21-18-7-8-18/h3-6,16,18H,2,7-14H2,1H3,(H,21,24). The maximum Gasteiger partial charge on any atom is 0.251 e. The number of rotatable bonds is 7. The number of likely N-dealkylation sites (tertiary alicyclic amines) is 1. The predicted octanol–water partition coefficient (Wildman–Crippen LogP) is 2.40. The van der Waals surface area contributed by atoms with Gasteiger partial charge in [-0.3, -0.25) is 9.59 Å². The fourth-order valence-electron chi connectivity index (χ4n) is 3.29. The van der Waals surface area contributed by atoms with Gasteiger partial charge in [0.25, 0.3) is 5.91 Å². The molecule has 2 amide bonds. The van der Waals surface area contributed by atoms with E-state index in [1.165, 1.54) is 5.56 Å². The zero-order valence-corrected chi connectivity index (χ0v) is 15.0. The van der Waals surface area contributed by atoms with Crippen LogP contribution in [0.5, 0.6) is 0 Å². The third kappa shape index (κ3) is 5.30. The molecule has 1 aliphatic carbocycles. The van der Waals surface area contributed by atoms with Crippen molar-refractivity contribution in [3.63, 3.8) is 0 Å². The fourth-order valence-corrected chi connectivity index (χ4v) is 3.29. The Balaban J connectivity index is 1.44. The summed E-state index contributed by atoms with van der Waals surface area (Å²) in [5.74, 6) is 0.740. The second-order valence-electron chi connectivity index (χ2n) is 7.11. The first-order valence-electron chi connectivity index (χ1n) is 9.41. The van der Waals surface area contributed by atoms with Crippen LogP contribution in [0.3, 0.4) is 0 Å². The highest BCUT2D eigenvalue weighted by Gasteiger charge is 2.24. The van der Waals surface area contributed by atoms with Crippen molar-refractivity contribution in [2.75, 3.05) is 26.3 Å². The molecule has 0 bridgehead atoms. The number of nitrogens with zero attached hydrogens (tertiary/aromatic N) is 1. The zero-order chi connectivity index (χ0) is 17.6. The van der Waals surface area contributed by atoms with Gasteiger partial charge in [-0.1, -0.05) is 12.1 Å². The number of nitrogens with one attached hydrogen (secondary N) is 1. The molecule has 1 saturated carbocycles. The minimum Gasteiger partial charge on any atom is -0.372 e. The fraction of sp³-hybridized carbons (Fsp3) is 0.600. The van der Waals surface area contributed by atoms with Crippen molar-refractivity contribution < 1.29 is 14.3 Å². The maximum absolute atomic E-state index is 12.0. The number of ether oxygens (including phenoxy) is 1. The van der Waals surface area contributed by atoms with Gasteiger partial charge in [0.1, 0.15) is 6.61 Å². The van der Waals surface area contributed by atoms with Gasteiger partial charge in [-0.05, 0) is 62.6 Å². The second kappa shape index (κ2) is 8.48. The third-order valence-electron chi connectivity index (χ3n) is 5.05. The molecule has 1 aromatic rings. The molecule has 0 spiro atoms. The minimum absolute atomic E-state index is 0.0372. The van der Waals surface area contributed by atoms with Crippen molar-refractivity contribution >= 4 is 11.8 Å². The van der Waals surface area contributed by atoms with Crippen LogP contribution in [0.25, 0.3) is 0 Å². The molecule has 0 unspecified atom stereocenters. The van der Waals surface area contributed by atoms with Crippen molar-refractivity contribution in [3.05, 3.63) is 35.4 Å². The van der Waals surface area contributed by atoms with E-state index in [0.717, 1.165) is 50.8 Å². The largest absolute Gasteiger partial charge is 0.372 e. The van der Waals surface area contributed by atoms with Crippen LogP contribution in [-0.2, 0) is 16.0 Å². The lowest BCUT2D eigenvalue weighted by Crippen LogP contribution is -2.40. The third-order valence-corrected chi connectivity index (χ3v) is 5.05. The molecular formula is C20H28N2O3. The van der Waals surface area contributed by atoms with Crippen LogP contribution < -0.4 is 5.32 Å². The molecule has 25 heavy (non-hydrogen) atoms. The molecule has 1 heterocycles. The summed E-state index contributed by atoms with van der Waals surface area (Å²) in [6.45, 7) is 4.32. The van der Waals surface area contributed by atoms with Crippen LogP contribution in [0, 0.1) is 5.92 Å². The molecule has 0 radical (unpaired) electrons. The lowest BCUT2D eigenvalue weighted by atomic mass is 9.90. The van der Waals surface area contributed by atoms with Gasteiger partial charge in [-0.15, -0.1) is 0 Å². The highest BCUT2D eigenvalue weighted by Crippen LogP contribution is 2.23. The van der Waals surface area contributed by atoms with Gasteiger partial charge in [0.15, 0.2) is 0 Å². The Bertz CT molecular complexity index is 587. The van der Waals surface area contributed by atoms with E-state index in [0.29, 0.717) is 18.6 Å². The first-order valence-corrected chi connectivity index (χ1v) is 9.41. The number of hydrogen-bond acceptors (Lipinski definition) is 3. The summed E-state index contributed by atoms with van der Waals surface area (Å²) in [7, 11) is 0. The van der Waals surface area contributed by atoms with E-state index in [2.05, 4.69) is 17.4 Å². The monoisotopic (exact) mass is 344 g/mol. The number of benzene rings is 1. The summed E-state index contributed by atoms with van der Waals surface area (Å²) < 4.78 is 5.21. The van der Waals surface area contributed by atoms with Gasteiger partial charge in [0.2, 0.25) is 5.91 Å². The Morgan fingerprint density at radius 2 is 1.80 bits per heavy atom. The van der Waals surface area contributed by atoms with Crippen molar-refractivity contribution in [1.29, 1.82) is 0 Å². The molecule has 0 atom stereocenters. The van der Waals surface area contributed by atoms with Crippen LogP contribution >= 0.6 is 0 Å². The molecular weight excluding hydrogens is 316 g/mol. The SMILES string of the molecule is CCOCC(=O)N1CCC(Cc2ccc(C(=O)NC3CC3)cc2)CC1. The summed E-state index contributed by atoms with van der Waals surface area (Å²) in [6.07, 6.45) is 5.28. The molecule has 1 saturated heterocycles. The molecule has 1 aromatic carbocycles. The Morgan fingerprint density at radius 1 is 1.12 bits per heavy atom. The lowest BCUT2D eigenvalue weighted by molar-refractivity contribution is -0.137. The van der Waals surface area contributed by atoms with E-state index in [9.17, 15) is 9.59 Å². The average Bonchev–Trinajstić information content (AvgIpc) is 3.45. The first kappa shape index (κ1) is 17.9. The Morgan fingerprint density at radius 3 is 2.40 bits per heavy atom. The quantitative estimate of drug-likeness (QED) is 0.826. The molecule has 5 nitrogen and oxygen atoms in total. The summed E-state index contributed by atoms with van der Waals surface area (Å²) in [4.78, 5) is 25.9. The smallest absolute Gasteiger partial charge is 0.251 e. The molecule has 2 fully saturated rings. The van der Waals surface area contributed by atoms with E-state index >= 15 is 0 Å². The van der Waals surface area contributed by atoms with Crippen LogP contribution in [0.4, 0.5) is 0 Å². The Labute approximate surface area is 149 Å². The maximum atomic E-state index is 12.0. The van der Waals surface area contributed by atoms with Crippen LogP contribution in [0.1, 0.15) is 48.5 Å². The predicted molar refractivity (Wildman–Crippen MR) is 96.4 cm³/mol. The van der Waals surface area contributed by atoms with Gasteiger partial charge in [-0.25, -0.2) is 0 Å². The van der Waals surface area contributed by atoms with Gasteiger partial charge >= 0.3 is 0 Å². The second-order valence-corrected chi connectivity index (χ2v) is 7.11. The van der Waals surface area contributed by atoms with E-state index < -0.39 is 0 Å². The number of carbonyl (C=O) groups excluding carboxylic acids is 2. The first-order chi connectivity index (χ1) is 12.2. The summed E-state index contributed by atoms with van der Waals surface area (Å²) in [5, 5.41) is 3.01. The number of amides is 2. The zero-order valence-electron chi connectivity index (χ0n) is 15.0. The lowest BCUT2D eigenvalue weighted by Gasteiger charge is -2.32. The Hall–Kier alpha value is -1.88. The van der Waals surface area contributed by atoms with Crippen molar-refractivity contribution in [1.82, 2.24) is 10.2 Å².